The van der Waals surface area contributed by atoms with Gasteiger partial charge in [-0.3, -0.25) is 0 Å². The molecule has 0 spiro atoms. The Balaban J connectivity index is 1.61. The summed E-state index contributed by atoms with van der Waals surface area (Å²) < 4.78 is 0. The molecule has 2 heterocycles. The molecule has 5 nitrogen and oxygen atoms in total. The maximum atomic E-state index is 10.0. The van der Waals surface area contributed by atoms with Crippen molar-refractivity contribution < 1.29 is 10.2 Å². The standard InChI is InChI=1S/C18H13N3O2S/c22-14-7-5-12(6-8-14)20-18-21-17(23)16(24-18)10-13-9-11-3-1-2-4-15(11)19-13/h1-10,22-23H,(H,20,21). The van der Waals surface area contributed by atoms with Crippen LogP contribution in [0, 0.1) is 0 Å². The lowest BCUT2D eigenvalue weighted by atomic mass is 10.3. The first-order valence-corrected chi connectivity index (χ1v) is 8.12. The summed E-state index contributed by atoms with van der Waals surface area (Å²) in [7, 11) is 0. The SMILES string of the molecule is Oc1ccc(Nc2nc(O)c(C=C3C=c4ccccc4=N3)s2)cc1. The molecular weight excluding hydrogens is 322 g/mol. The van der Waals surface area contributed by atoms with Gasteiger partial charge < -0.3 is 15.5 Å². The Hall–Kier alpha value is -3.12. The zero-order chi connectivity index (χ0) is 16.5. The summed E-state index contributed by atoms with van der Waals surface area (Å²) in [4.78, 5) is 9.27. The normalized spacial score (nSPS) is 14.1. The molecule has 0 saturated heterocycles. The highest BCUT2D eigenvalue weighted by atomic mass is 32.1. The maximum absolute atomic E-state index is 10.0. The maximum Gasteiger partial charge on any atom is 0.231 e. The number of phenolic OH excluding ortho intramolecular Hbond substituents is 1. The highest BCUT2D eigenvalue weighted by Gasteiger charge is 2.10. The molecule has 0 amide bonds. The molecule has 3 aromatic rings. The molecule has 24 heavy (non-hydrogen) atoms. The van der Waals surface area contributed by atoms with Gasteiger partial charge in [0.05, 0.1) is 15.9 Å². The van der Waals surface area contributed by atoms with Crippen molar-refractivity contribution in [2.75, 3.05) is 5.32 Å². The Morgan fingerprint density at radius 1 is 1.00 bits per heavy atom. The van der Waals surface area contributed by atoms with Gasteiger partial charge in [0.25, 0.3) is 0 Å². The Bertz CT molecular complexity index is 1020. The van der Waals surface area contributed by atoms with Crippen LogP contribution in [0.2, 0.25) is 0 Å². The minimum Gasteiger partial charge on any atom is -0.508 e. The molecule has 0 radical (unpaired) electrons. The van der Waals surface area contributed by atoms with E-state index in [9.17, 15) is 10.2 Å². The fourth-order valence-electron chi connectivity index (χ4n) is 2.39. The van der Waals surface area contributed by atoms with Crippen LogP contribution in [0.15, 0.2) is 59.2 Å². The number of nitrogens with one attached hydrogen (secondary N) is 1. The summed E-state index contributed by atoms with van der Waals surface area (Å²) in [6.45, 7) is 0. The van der Waals surface area contributed by atoms with Crippen molar-refractivity contribution in [3.05, 3.63) is 69.7 Å². The van der Waals surface area contributed by atoms with Crippen molar-refractivity contribution in [2.24, 2.45) is 4.99 Å². The summed E-state index contributed by atoms with van der Waals surface area (Å²) >= 11 is 1.33. The second-order valence-corrected chi connectivity index (χ2v) is 6.29. The van der Waals surface area contributed by atoms with Crippen molar-refractivity contribution in [3.8, 4) is 11.6 Å². The number of anilines is 2. The van der Waals surface area contributed by atoms with Crippen LogP contribution in [0.1, 0.15) is 4.88 Å². The van der Waals surface area contributed by atoms with Crippen LogP contribution in [-0.2, 0) is 0 Å². The lowest BCUT2D eigenvalue weighted by Gasteiger charge is -2.01. The van der Waals surface area contributed by atoms with Gasteiger partial charge in [-0.05, 0) is 42.5 Å². The van der Waals surface area contributed by atoms with Gasteiger partial charge in [0.15, 0.2) is 5.13 Å². The third-order valence-electron chi connectivity index (χ3n) is 3.52. The highest BCUT2D eigenvalue weighted by molar-refractivity contribution is 7.16. The monoisotopic (exact) mass is 335 g/mol. The van der Waals surface area contributed by atoms with Gasteiger partial charge in [-0.15, -0.1) is 0 Å². The summed E-state index contributed by atoms with van der Waals surface area (Å²) in [6.07, 6.45) is 3.79. The molecule has 1 aliphatic heterocycles. The van der Waals surface area contributed by atoms with Gasteiger partial charge in [0, 0.05) is 10.9 Å². The van der Waals surface area contributed by atoms with E-state index >= 15 is 0 Å². The Morgan fingerprint density at radius 2 is 1.79 bits per heavy atom. The number of thiazole rings is 1. The van der Waals surface area contributed by atoms with Crippen LogP contribution in [0.4, 0.5) is 10.8 Å². The molecule has 0 fully saturated rings. The fourth-order valence-corrected chi connectivity index (χ4v) is 3.22. The Kier molecular flexibility index (Phi) is 3.51. The molecular formula is C18H13N3O2S. The largest absolute Gasteiger partial charge is 0.508 e. The first kappa shape index (κ1) is 14.5. The molecule has 1 aliphatic rings. The molecule has 1 aromatic heterocycles. The van der Waals surface area contributed by atoms with Crippen LogP contribution in [0.25, 0.3) is 12.2 Å². The highest BCUT2D eigenvalue weighted by Crippen LogP contribution is 2.32. The average molecular weight is 335 g/mol. The molecule has 4 rings (SSSR count). The molecule has 0 atom stereocenters. The zero-order valence-electron chi connectivity index (χ0n) is 12.5. The number of rotatable bonds is 3. The predicted molar refractivity (Wildman–Crippen MR) is 94.8 cm³/mol. The second-order valence-electron chi connectivity index (χ2n) is 5.26. The quantitative estimate of drug-likeness (QED) is 0.643. The number of hydrogen-bond acceptors (Lipinski definition) is 6. The first-order chi connectivity index (χ1) is 11.7. The smallest absolute Gasteiger partial charge is 0.231 e. The molecule has 0 bridgehead atoms. The number of benzene rings is 2. The van der Waals surface area contributed by atoms with Gasteiger partial charge in [-0.2, -0.15) is 4.98 Å². The van der Waals surface area contributed by atoms with E-state index in [0.29, 0.717) is 10.0 Å². The number of phenols is 1. The third-order valence-corrected chi connectivity index (χ3v) is 4.43. The van der Waals surface area contributed by atoms with Crippen molar-refractivity contribution in [2.45, 2.75) is 0 Å². The molecule has 2 aromatic carbocycles. The zero-order valence-corrected chi connectivity index (χ0v) is 13.3. The summed E-state index contributed by atoms with van der Waals surface area (Å²) in [6, 6.07) is 14.5. The minimum atomic E-state index is -0.0339. The van der Waals surface area contributed by atoms with Crippen molar-refractivity contribution in [1.82, 2.24) is 4.98 Å². The predicted octanol–water partition coefficient (Wildman–Crippen LogP) is 2.75. The summed E-state index contributed by atoms with van der Waals surface area (Å²) in [5, 5.41) is 25.0. The number of allylic oxidation sites excluding steroid dienone is 1. The van der Waals surface area contributed by atoms with E-state index in [0.717, 1.165) is 22.0 Å². The van der Waals surface area contributed by atoms with E-state index in [2.05, 4.69) is 15.3 Å². The van der Waals surface area contributed by atoms with Gasteiger partial charge in [0.1, 0.15) is 5.75 Å². The molecule has 0 aliphatic carbocycles. The lowest BCUT2D eigenvalue weighted by molar-refractivity contribution is 0.457. The minimum absolute atomic E-state index is 0.0339. The van der Waals surface area contributed by atoms with E-state index in [1.54, 1.807) is 24.3 Å². The molecule has 0 saturated carbocycles. The van der Waals surface area contributed by atoms with Crippen LogP contribution in [0.3, 0.4) is 0 Å². The van der Waals surface area contributed by atoms with Crippen molar-refractivity contribution in [1.29, 1.82) is 0 Å². The van der Waals surface area contributed by atoms with Crippen LogP contribution in [0.5, 0.6) is 11.6 Å². The number of aromatic hydroxyl groups is 2. The third kappa shape index (κ3) is 2.87. The molecule has 0 unspecified atom stereocenters. The van der Waals surface area contributed by atoms with Gasteiger partial charge >= 0.3 is 0 Å². The van der Waals surface area contributed by atoms with Crippen LogP contribution < -0.4 is 15.9 Å². The summed E-state index contributed by atoms with van der Waals surface area (Å²) in [5.41, 5.74) is 1.57. The number of para-hydroxylation sites is 1. The van der Waals surface area contributed by atoms with E-state index in [1.165, 1.54) is 11.3 Å². The second kappa shape index (κ2) is 5.82. The van der Waals surface area contributed by atoms with Crippen molar-refractivity contribution >= 4 is 34.3 Å². The number of nitrogens with zero attached hydrogens (tertiary/aromatic N) is 2. The van der Waals surface area contributed by atoms with Gasteiger partial charge in [0.2, 0.25) is 5.88 Å². The lowest BCUT2D eigenvalue weighted by Crippen LogP contribution is -2.19. The summed E-state index contributed by atoms with van der Waals surface area (Å²) in [5.74, 6) is 0.166. The molecule has 6 heteroatoms. The van der Waals surface area contributed by atoms with Crippen LogP contribution >= 0.6 is 11.3 Å². The Labute approximate surface area is 141 Å². The van der Waals surface area contributed by atoms with E-state index in [4.69, 9.17) is 0 Å². The topological polar surface area (TPSA) is 77.7 Å². The number of aromatic nitrogens is 1. The van der Waals surface area contributed by atoms with E-state index in [-0.39, 0.29) is 11.6 Å². The van der Waals surface area contributed by atoms with E-state index < -0.39 is 0 Å². The number of fused-ring (bicyclic) bond motifs is 1. The van der Waals surface area contributed by atoms with Gasteiger partial charge in [-0.1, -0.05) is 29.5 Å². The average Bonchev–Trinajstić information content (AvgIpc) is 3.13. The molecule has 118 valence electrons. The fraction of sp³-hybridized carbons (Fsp3) is 0. The van der Waals surface area contributed by atoms with E-state index in [1.807, 2.05) is 36.4 Å². The Morgan fingerprint density at radius 3 is 2.58 bits per heavy atom. The number of hydrogen-bond donors (Lipinski definition) is 3. The molecule has 3 N–H and O–H groups in total. The van der Waals surface area contributed by atoms with Crippen molar-refractivity contribution in [3.63, 3.8) is 0 Å². The van der Waals surface area contributed by atoms with Crippen LogP contribution in [-0.4, -0.2) is 15.2 Å². The van der Waals surface area contributed by atoms with Gasteiger partial charge in [-0.25, -0.2) is 4.99 Å². The first-order valence-electron chi connectivity index (χ1n) is 7.30.